The van der Waals surface area contributed by atoms with Crippen LogP contribution in [0.5, 0.6) is 5.75 Å². The third kappa shape index (κ3) is 1.94. The Morgan fingerprint density at radius 1 is 1.00 bits per heavy atom. The molecule has 0 aliphatic heterocycles. The van der Waals surface area contributed by atoms with Gasteiger partial charge in [0.1, 0.15) is 5.75 Å². The van der Waals surface area contributed by atoms with E-state index in [4.69, 9.17) is 5.73 Å². The van der Waals surface area contributed by atoms with Gasteiger partial charge in [-0.15, -0.1) is 0 Å². The topological polar surface area (TPSA) is 46.2 Å². The van der Waals surface area contributed by atoms with Gasteiger partial charge >= 0.3 is 0 Å². The summed E-state index contributed by atoms with van der Waals surface area (Å²) in [4.78, 5) is 0. The van der Waals surface area contributed by atoms with Gasteiger partial charge in [-0.05, 0) is 47.9 Å². The van der Waals surface area contributed by atoms with E-state index in [0.29, 0.717) is 5.75 Å². The Hall–Kier alpha value is -1.96. The smallest absolute Gasteiger partial charge is 0.118 e. The van der Waals surface area contributed by atoms with Gasteiger partial charge in [-0.2, -0.15) is 0 Å². The van der Waals surface area contributed by atoms with Gasteiger partial charge in [0.25, 0.3) is 0 Å². The van der Waals surface area contributed by atoms with E-state index in [-0.39, 0.29) is 0 Å². The van der Waals surface area contributed by atoms with Gasteiger partial charge in [0.2, 0.25) is 0 Å². The first-order valence-corrected chi connectivity index (χ1v) is 4.82. The molecule has 0 aliphatic carbocycles. The first kappa shape index (κ1) is 9.59. The second-order valence-corrected chi connectivity index (χ2v) is 3.63. The van der Waals surface area contributed by atoms with Crippen LogP contribution in [0.15, 0.2) is 42.5 Å². The Morgan fingerprint density at radius 3 is 2.40 bits per heavy atom. The summed E-state index contributed by atoms with van der Waals surface area (Å²) in [6, 6.07) is 13.2. The molecule has 0 heterocycles. The number of rotatable bonds is 1. The van der Waals surface area contributed by atoms with E-state index in [1.165, 1.54) is 0 Å². The fraction of sp³-hybridized carbons (Fsp3) is 0.0769. The predicted molar refractivity (Wildman–Crippen MR) is 62.7 cm³/mol. The maximum atomic E-state index is 9.42. The van der Waals surface area contributed by atoms with Gasteiger partial charge < -0.3 is 10.8 Å². The van der Waals surface area contributed by atoms with Crippen LogP contribution in [0.3, 0.4) is 0 Å². The zero-order valence-electron chi connectivity index (χ0n) is 8.57. The molecule has 0 amide bonds. The minimum absolute atomic E-state index is 0.322. The maximum Gasteiger partial charge on any atom is 0.118 e. The van der Waals surface area contributed by atoms with Gasteiger partial charge in [-0.3, -0.25) is 0 Å². The molecule has 0 unspecified atom stereocenters. The molecule has 2 heteroatoms. The van der Waals surface area contributed by atoms with E-state index in [1.54, 1.807) is 6.07 Å². The number of aromatic hydroxyl groups is 1. The number of phenolic OH excluding ortho intramolecular Hbond substituents is 1. The average Bonchev–Trinajstić information content (AvgIpc) is 2.22. The van der Waals surface area contributed by atoms with Crippen molar-refractivity contribution in [1.82, 2.24) is 0 Å². The van der Waals surface area contributed by atoms with Crippen LogP contribution in [0.4, 0.5) is 5.69 Å². The molecule has 0 saturated heterocycles. The highest BCUT2D eigenvalue weighted by molar-refractivity contribution is 5.68. The van der Waals surface area contributed by atoms with Crippen molar-refractivity contribution in [2.45, 2.75) is 6.92 Å². The van der Waals surface area contributed by atoms with Gasteiger partial charge in [0.15, 0.2) is 0 Å². The minimum Gasteiger partial charge on any atom is -0.508 e. The van der Waals surface area contributed by atoms with E-state index < -0.39 is 0 Å². The molecule has 0 aromatic heterocycles. The summed E-state index contributed by atoms with van der Waals surface area (Å²) in [6.45, 7) is 1.88. The second-order valence-electron chi connectivity index (χ2n) is 3.63. The molecule has 0 saturated carbocycles. The number of aryl methyl sites for hydroxylation is 1. The second kappa shape index (κ2) is 3.65. The molecule has 0 radical (unpaired) electrons. The molecule has 0 spiro atoms. The van der Waals surface area contributed by atoms with Crippen molar-refractivity contribution in [3.8, 4) is 16.9 Å². The lowest BCUT2D eigenvalue weighted by Crippen LogP contribution is -1.85. The largest absolute Gasteiger partial charge is 0.508 e. The average molecular weight is 199 g/mol. The zero-order valence-corrected chi connectivity index (χ0v) is 8.57. The van der Waals surface area contributed by atoms with E-state index in [0.717, 1.165) is 22.4 Å². The molecule has 15 heavy (non-hydrogen) atoms. The first-order chi connectivity index (χ1) is 7.16. The summed E-state index contributed by atoms with van der Waals surface area (Å²) in [7, 11) is 0. The van der Waals surface area contributed by atoms with Crippen LogP contribution in [-0.2, 0) is 0 Å². The molecule has 0 fully saturated rings. The SMILES string of the molecule is Cc1cc(-c2cccc(N)c2)ccc1O. The molecule has 76 valence electrons. The first-order valence-electron chi connectivity index (χ1n) is 4.82. The Morgan fingerprint density at radius 2 is 1.73 bits per heavy atom. The molecule has 2 aromatic carbocycles. The van der Waals surface area contributed by atoms with Crippen LogP contribution in [0.1, 0.15) is 5.56 Å². The van der Waals surface area contributed by atoms with E-state index in [9.17, 15) is 5.11 Å². The van der Waals surface area contributed by atoms with E-state index in [2.05, 4.69) is 0 Å². The number of hydrogen-bond acceptors (Lipinski definition) is 2. The van der Waals surface area contributed by atoms with Crippen molar-refractivity contribution >= 4 is 5.69 Å². The summed E-state index contributed by atoms with van der Waals surface area (Å²) in [5, 5.41) is 9.42. The summed E-state index contributed by atoms with van der Waals surface area (Å²) in [5.41, 5.74) is 9.47. The fourth-order valence-electron chi connectivity index (χ4n) is 1.55. The highest BCUT2D eigenvalue weighted by Gasteiger charge is 2.00. The number of benzene rings is 2. The lowest BCUT2D eigenvalue weighted by molar-refractivity contribution is 0.471. The lowest BCUT2D eigenvalue weighted by Gasteiger charge is -2.05. The van der Waals surface area contributed by atoms with E-state index in [1.807, 2.05) is 43.3 Å². The molecule has 3 N–H and O–H groups in total. The van der Waals surface area contributed by atoms with Crippen molar-refractivity contribution in [3.05, 3.63) is 48.0 Å². The van der Waals surface area contributed by atoms with Crippen molar-refractivity contribution in [2.75, 3.05) is 5.73 Å². The Bertz CT molecular complexity index is 492. The molecule has 0 bridgehead atoms. The van der Waals surface area contributed by atoms with Crippen LogP contribution in [0, 0.1) is 6.92 Å². The molecule has 0 atom stereocenters. The standard InChI is InChI=1S/C13H13NO/c1-9-7-11(5-6-13(9)15)10-3-2-4-12(14)8-10/h2-8,15H,14H2,1H3. The highest BCUT2D eigenvalue weighted by atomic mass is 16.3. The van der Waals surface area contributed by atoms with Crippen molar-refractivity contribution < 1.29 is 5.11 Å². The Kier molecular flexibility index (Phi) is 2.34. The van der Waals surface area contributed by atoms with Crippen LogP contribution >= 0.6 is 0 Å². The quantitative estimate of drug-likeness (QED) is 0.693. The van der Waals surface area contributed by atoms with Crippen LogP contribution < -0.4 is 5.73 Å². The van der Waals surface area contributed by atoms with Crippen LogP contribution in [0.25, 0.3) is 11.1 Å². The third-order valence-electron chi connectivity index (χ3n) is 2.42. The normalized spacial score (nSPS) is 10.2. The number of nitrogens with two attached hydrogens (primary N) is 1. The lowest BCUT2D eigenvalue weighted by atomic mass is 10.0. The molecule has 2 nitrogen and oxygen atoms in total. The molecule has 2 rings (SSSR count). The van der Waals surface area contributed by atoms with Crippen molar-refractivity contribution in [2.24, 2.45) is 0 Å². The monoisotopic (exact) mass is 199 g/mol. The van der Waals surface area contributed by atoms with Gasteiger partial charge in [0, 0.05) is 5.69 Å². The van der Waals surface area contributed by atoms with Gasteiger partial charge in [0.05, 0.1) is 0 Å². The molecule has 0 aliphatic rings. The predicted octanol–water partition coefficient (Wildman–Crippen LogP) is 2.95. The van der Waals surface area contributed by atoms with E-state index >= 15 is 0 Å². The van der Waals surface area contributed by atoms with Crippen molar-refractivity contribution in [3.63, 3.8) is 0 Å². The third-order valence-corrected chi connectivity index (χ3v) is 2.42. The highest BCUT2D eigenvalue weighted by Crippen LogP contribution is 2.26. The van der Waals surface area contributed by atoms with Gasteiger partial charge in [-0.1, -0.05) is 18.2 Å². The zero-order chi connectivity index (χ0) is 10.8. The summed E-state index contributed by atoms with van der Waals surface area (Å²) < 4.78 is 0. The maximum absolute atomic E-state index is 9.42. The Balaban J connectivity index is 2.50. The summed E-state index contributed by atoms with van der Waals surface area (Å²) in [5.74, 6) is 0.322. The van der Waals surface area contributed by atoms with Crippen LogP contribution in [-0.4, -0.2) is 5.11 Å². The number of hydrogen-bond donors (Lipinski definition) is 2. The van der Waals surface area contributed by atoms with Gasteiger partial charge in [-0.25, -0.2) is 0 Å². The Labute approximate surface area is 89.0 Å². The van der Waals surface area contributed by atoms with Crippen LogP contribution in [0.2, 0.25) is 0 Å². The molecule has 2 aromatic rings. The van der Waals surface area contributed by atoms with Crippen molar-refractivity contribution in [1.29, 1.82) is 0 Å². The number of phenols is 1. The minimum atomic E-state index is 0.322. The summed E-state index contributed by atoms with van der Waals surface area (Å²) in [6.07, 6.45) is 0. The number of nitrogen functional groups attached to an aromatic ring is 1. The molecular weight excluding hydrogens is 186 g/mol. The number of anilines is 1. The summed E-state index contributed by atoms with van der Waals surface area (Å²) >= 11 is 0. The molecular formula is C13H13NO. The fourth-order valence-corrected chi connectivity index (χ4v) is 1.55.